The molecule has 0 radical (unpaired) electrons. The summed E-state index contributed by atoms with van der Waals surface area (Å²) in [6.07, 6.45) is 1.65. The highest BCUT2D eigenvalue weighted by Crippen LogP contribution is 2.21. The molecule has 0 fully saturated rings. The third-order valence-corrected chi connectivity index (χ3v) is 4.16. The van der Waals surface area contributed by atoms with Crippen molar-refractivity contribution in [2.45, 2.75) is 40.2 Å². The number of nitrogens with one attached hydrogen (secondary N) is 1. The van der Waals surface area contributed by atoms with E-state index in [0.29, 0.717) is 13.1 Å². The van der Waals surface area contributed by atoms with Crippen LogP contribution in [0.3, 0.4) is 0 Å². The number of nitrogens with zero attached hydrogens (tertiary/aromatic N) is 1. The van der Waals surface area contributed by atoms with Crippen LogP contribution in [0.5, 0.6) is 5.75 Å². The van der Waals surface area contributed by atoms with Crippen LogP contribution >= 0.6 is 0 Å². The number of aryl methyl sites for hydroxylation is 3. The Balaban J connectivity index is 1.68. The van der Waals surface area contributed by atoms with Crippen LogP contribution in [0.1, 0.15) is 29.7 Å². The number of hydrogen-bond acceptors (Lipinski definition) is 3. The molecule has 1 amide bonds. The van der Waals surface area contributed by atoms with E-state index in [0.717, 1.165) is 35.4 Å². The van der Waals surface area contributed by atoms with Crippen LogP contribution in [-0.4, -0.2) is 23.6 Å². The molecule has 1 aromatic carbocycles. The molecule has 1 N–H and O–H groups in total. The standard InChI is InChI=1S/C20H26N2O3/c1-15-8-6-9-16(2)20(15)25-14-18(23)21-12-4-5-13-22-17(3)10-7-11-19(22)24/h6-11H,4-5,12-14H2,1-3H3,(H,21,23). The second kappa shape index (κ2) is 9.06. The molecule has 5 nitrogen and oxygen atoms in total. The van der Waals surface area contributed by atoms with Gasteiger partial charge < -0.3 is 14.6 Å². The summed E-state index contributed by atoms with van der Waals surface area (Å²) >= 11 is 0. The number of rotatable bonds is 8. The van der Waals surface area contributed by atoms with Gasteiger partial charge in [-0.15, -0.1) is 0 Å². The molecular formula is C20H26N2O3. The molecule has 0 aliphatic rings. The smallest absolute Gasteiger partial charge is 0.257 e. The van der Waals surface area contributed by atoms with Gasteiger partial charge in [-0.05, 0) is 50.8 Å². The average Bonchev–Trinajstić information content (AvgIpc) is 2.56. The van der Waals surface area contributed by atoms with Crippen molar-refractivity contribution in [3.8, 4) is 5.75 Å². The van der Waals surface area contributed by atoms with E-state index in [1.807, 2.05) is 45.0 Å². The molecule has 0 aliphatic heterocycles. The zero-order chi connectivity index (χ0) is 18.2. The summed E-state index contributed by atoms with van der Waals surface area (Å²) in [6, 6.07) is 11.2. The van der Waals surface area contributed by atoms with E-state index in [2.05, 4.69) is 5.32 Å². The average molecular weight is 342 g/mol. The summed E-state index contributed by atoms with van der Waals surface area (Å²) in [7, 11) is 0. The molecule has 2 rings (SSSR count). The highest BCUT2D eigenvalue weighted by atomic mass is 16.5. The van der Waals surface area contributed by atoms with Gasteiger partial charge in [-0.25, -0.2) is 0 Å². The van der Waals surface area contributed by atoms with Crippen molar-refractivity contribution in [1.82, 2.24) is 9.88 Å². The minimum absolute atomic E-state index is 0.0168. The highest BCUT2D eigenvalue weighted by Gasteiger charge is 2.07. The second-order valence-corrected chi connectivity index (χ2v) is 6.22. The molecule has 0 saturated heterocycles. The zero-order valence-corrected chi connectivity index (χ0v) is 15.2. The topological polar surface area (TPSA) is 60.3 Å². The molecule has 1 aromatic heterocycles. The summed E-state index contributed by atoms with van der Waals surface area (Å²) in [5.74, 6) is 0.646. The Kier molecular flexibility index (Phi) is 6.81. The van der Waals surface area contributed by atoms with Crippen molar-refractivity contribution >= 4 is 5.91 Å². The fourth-order valence-electron chi connectivity index (χ4n) is 2.75. The lowest BCUT2D eigenvalue weighted by molar-refractivity contribution is -0.123. The van der Waals surface area contributed by atoms with Crippen molar-refractivity contribution in [1.29, 1.82) is 0 Å². The van der Waals surface area contributed by atoms with Gasteiger partial charge in [0, 0.05) is 24.8 Å². The Hall–Kier alpha value is -2.56. The molecule has 134 valence electrons. The van der Waals surface area contributed by atoms with Gasteiger partial charge in [0.1, 0.15) is 5.75 Å². The normalized spacial score (nSPS) is 10.5. The first-order chi connectivity index (χ1) is 12.0. The van der Waals surface area contributed by atoms with Gasteiger partial charge in [0.2, 0.25) is 0 Å². The van der Waals surface area contributed by atoms with Crippen molar-refractivity contribution in [2.24, 2.45) is 0 Å². The monoisotopic (exact) mass is 342 g/mol. The number of carbonyl (C=O) groups is 1. The largest absolute Gasteiger partial charge is 0.483 e. The lowest BCUT2D eigenvalue weighted by Crippen LogP contribution is -2.30. The fraction of sp³-hybridized carbons (Fsp3) is 0.400. The number of carbonyl (C=O) groups excluding carboxylic acids is 1. The Morgan fingerprint density at radius 3 is 2.40 bits per heavy atom. The second-order valence-electron chi connectivity index (χ2n) is 6.22. The van der Waals surface area contributed by atoms with Gasteiger partial charge in [-0.3, -0.25) is 9.59 Å². The molecule has 0 atom stereocenters. The van der Waals surface area contributed by atoms with Crippen LogP contribution in [-0.2, 0) is 11.3 Å². The van der Waals surface area contributed by atoms with Crippen molar-refractivity contribution < 1.29 is 9.53 Å². The number of pyridine rings is 1. The maximum Gasteiger partial charge on any atom is 0.257 e. The molecule has 0 bridgehead atoms. The summed E-state index contributed by atoms with van der Waals surface area (Å²) in [4.78, 5) is 23.7. The summed E-state index contributed by atoms with van der Waals surface area (Å²) in [5, 5.41) is 2.86. The van der Waals surface area contributed by atoms with Crippen LogP contribution in [0, 0.1) is 20.8 Å². The number of para-hydroxylation sites is 1. The van der Waals surface area contributed by atoms with Crippen LogP contribution in [0.15, 0.2) is 41.2 Å². The van der Waals surface area contributed by atoms with Gasteiger partial charge in [-0.1, -0.05) is 24.3 Å². The number of amides is 1. The fourth-order valence-corrected chi connectivity index (χ4v) is 2.75. The van der Waals surface area contributed by atoms with Gasteiger partial charge in [0.25, 0.3) is 11.5 Å². The predicted octanol–water partition coefficient (Wildman–Crippen LogP) is 2.75. The molecule has 0 spiro atoms. The molecular weight excluding hydrogens is 316 g/mol. The van der Waals surface area contributed by atoms with E-state index in [-0.39, 0.29) is 18.1 Å². The van der Waals surface area contributed by atoms with Crippen molar-refractivity contribution in [3.63, 3.8) is 0 Å². The van der Waals surface area contributed by atoms with Gasteiger partial charge in [0.05, 0.1) is 0 Å². The predicted molar refractivity (Wildman–Crippen MR) is 99.1 cm³/mol. The first-order valence-electron chi connectivity index (χ1n) is 8.61. The van der Waals surface area contributed by atoms with Crippen LogP contribution < -0.4 is 15.6 Å². The van der Waals surface area contributed by atoms with E-state index >= 15 is 0 Å². The van der Waals surface area contributed by atoms with Crippen molar-refractivity contribution in [3.05, 3.63) is 63.6 Å². The Morgan fingerprint density at radius 2 is 1.72 bits per heavy atom. The Morgan fingerprint density at radius 1 is 1.04 bits per heavy atom. The van der Waals surface area contributed by atoms with E-state index in [4.69, 9.17) is 4.74 Å². The van der Waals surface area contributed by atoms with Gasteiger partial charge in [-0.2, -0.15) is 0 Å². The van der Waals surface area contributed by atoms with Crippen LogP contribution in [0.2, 0.25) is 0 Å². The third-order valence-electron chi connectivity index (χ3n) is 4.16. The number of benzene rings is 1. The molecule has 5 heteroatoms. The molecule has 0 saturated carbocycles. The summed E-state index contributed by atoms with van der Waals surface area (Å²) < 4.78 is 7.39. The van der Waals surface area contributed by atoms with Gasteiger partial charge in [0.15, 0.2) is 6.61 Å². The van der Waals surface area contributed by atoms with Crippen molar-refractivity contribution in [2.75, 3.05) is 13.2 Å². The SMILES string of the molecule is Cc1cccc(C)c1OCC(=O)NCCCCn1c(C)cccc1=O. The summed E-state index contributed by atoms with van der Waals surface area (Å²) in [6.45, 7) is 7.12. The maximum atomic E-state index is 11.9. The summed E-state index contributed by atoms with van der Waals surface area (Å²) in [5.41, 5.74) is 3.03. The Labute approximate surface area is 148 Å². The van der Waals surface area contributed by atoms with E-state index in [9.17, 15) is 9.59 Å². The van der Waals surface area contributed by atoms with Gasteiger partial charge >= 0.3 is 0 Å². The highest BCUT2D eigenvalue weighted by molar-refractivity contribution is 5.77. The lowest BCUT2D eigenvalue weighted by atomic mass is 10.1. The maximum absolute atomic E-state index is 11.9. The minimum atomic E-state index is -0.129. The van der Waals surface area contributed by atoms with Crippen LogP contribution in [0.25, 0.3) is 0 Å². The number of aromatic nitrogens is 1. The first kappa shape index (κ1) is 18.8. The minimum Gasteiger partial charge on any atom is -0.483 e. The molecule has 0 unspecified atom stereocenters. The molecule has 2 aromatic rings. The first-order valence-corrected chi connectivity index (χ1v) is 8.61. The number of ether oxygens (including phenoxy) is 1. The molecule has 25 heavy (non-hydrogen) atoms. The zero-order valence-electron chi connectivity index (χ0n) is 15.2. The quantitative estimate of drug-likeness (QED) is 0.751. The molecule has 1 heterocycles. The number of unbranched alkanes of at least 4 members (excludes halogenated alkanes) is 1. The lowest BCUT2D eigenvalue weighted by Gasteiger charge is -2.12. The molecule has 0 aliphatic carbocycles. The van der Waals surface area contributed by atoms with Crippen LogP contribution in [0.4, 0.5) is 0 Å². The third kappa shape index (κ3) is 5.48. The number of hydrogen-bond donors (Lipinski definition) is 1. The van der Waals surface area contributed by atoms with E-state index < -0.39 is 0 Å². The van der Waals surface area contributed by atoms with E-state index in [1.54, 1.807) is 16.7 Å². The Bertz CT molecular complexity index is 761. The van der Waals surface area contributed by atoms with E-state index in [1.165, 1.54) is 0 Å².